The van der Waals surface area contributed by atoms with Gasteiger partial charge < -0.3 is 0 Å². The lowest BCUT2D eigenvalue weighted by atomic mass is 10.2. The van der Waals surface area contributed by atoms with Gasteiger partial charge in [0, 0.05) is 23.2 Å². The fraction of sp³-hybridized carbons (Fsp3) is 0.200. The first-order valence-electron chi connectivity index (χ1n) is 4.41. The molecule has 74 valence electrons. The summed E-state index contributed by atoms with van der Waals surface area (Å²) in [6.45, 7) is 0.426. The highest BCUT2D eigenvalue weighted by Gasteiger charge is 1.96. The van der Waals surface area contributed by atoms with E-state index < -0.39 is 0 Å². The Morgan fingerprint density at radius 3 is 3.27 bits per heavy atom. The molecule has 0 saturated heterocycles. The van der Waals surface area contributed by atoms with E-state index in [9.17, 15) is 0 Å². The van der Waals surface area contributed by atoms with E-state index in [0.717, 1.165) is 5.56 Å². The highest BCUT2D eigenvalue weighted by atomic mass is 15.1. The second kappa shape index (κ2) is 6.19. The summed E-state index contributed by atoms with van der Waals surface area (Å²) in [6.07, 6.45) is 5.89. The fourth-order valence-electron chi connectivity index (χ4n) is 1.03. The normalized spacial score (nSPS) is 9.53. The molecule has 1 heterocycles. The summed E-state index contributed by atoms with van der Waals surface area (Å²) in [5, 5.41) is 12.1. The maximum atomic E-state index is 8.75. The molecule has 5 heteroatoms. The Morgan fingerprint density at radius 2 is 2.53 bits per heavy atom. The largest absolute Gasteiger partial charge is 0.245 e. The monoisotopic (exact) mass is 199 g/mol. The Hall–Kier alpha value is -2.31. The van der Waals surface area contributed by atoms with E-state index in [0.29, 0.717) is 18.7 Å². The van der Waals surface area contributed by atoms with E-state index in [2.05, 4.69) is 15.0 Å². The molecule has 0 atom stereocenters. The molecular formula is C10H9N5. The van der Waals surface area contributed by atoms with Gasteiger partial charge in [-0.05, 0) is 18.0 Å². The van der Waals surface area contributed by atoms with E-state index in [1.165, 1.54) is 0 Å². The van der Waals surface area contributed by atoms with E-state index in [4.69, 9.17) is 10.8 Å². The van der Waals surface area contributed by atoms with Gasteiger partial charge in [-0.2, -0.15) is 5.26 Å². The van der Waals surface area contributed by atoms with Crippen LogP contribution in [0.3, 0.4) is 0 Å². The number of pyridine rings is 1. The minimum Gasteiger partial charge on any atom is -0.245 e. The summed E-state index contributed by atoms with van der Waals surface area (Å²) >= 11 is 0. The summed E-state index contributed by atoms with van der Waals surface area (Å²) in [6, 6.07) is 5.59. The van der Waals surface area contributed by atoms with Crippen LogP contribution in [0.1, 0.15) is 17.7 Å². The number of hydrogen-bond acceptors (Lipinski definition) is 3. The summed E-state index contributed by atoms with van der Waals surface area (Å²) in [4.78, 5) is 6.56. The zero-order valence-electron chi connectivity index (χ0n) is 8.04. The average Bonchev–Trinajstić information content (AvgIpc) is 2.29. The number of aromatic nitrogens is 1. The molecule has 0 aliphatic heterocycles. The summed E-state index contributed by atoms with van der Waals surface area (Å²) < 4.78 is 0. The smallest absolute Gasteiger partial charge is 0.147 e. The van der Waals surface area contributed by atoms with E-state index in [1.54, 1.807) is 18.3 Å². The fourth-order valence-corrected chi connectivity index (χ4v) is 1.03. The molecule has 0 N–H and O–H groups in total. The van der Waals surface area contributed by atoms with E-state index in [-0.39, 0.29) is 0 Å². The minimum absolute atomic E-state index is 0.400. The van der Waals surface area contributed by atoms with Gasteiger partial charge in [-0.1, -0.05) is 23.3 Å². The van der Waals surface area contributed by atoms with Crippen LogP contribution < -0.4 is 0 Å². The van der Waals surface area contributed by atoms with Crippen molar-refractivity contribution in [2.24, 2.45) is 5.11 Å². The highest BCUT2D eigenvalue weighted by Crippen LogP contribution is 2.06. The average molecular weight is 199 g/mol. The van der Waals surface area contributed by atoms with Crippen LogP contribution in [-0.4, -0.2) is 11.5 Å². The molecule has 0 amide bonds. The predicted octanol–water partition coefficient (Wildman–Crippen LogP) is 2.67. The first-order chi connectivity index (χ1) is 7.38. The predicted molar refractivity (Wildman–Crippen MR) is 56.6 cm³/mol. The molecule has 5 nitrogen and oxygen atoms in total. The van der Waals surface area contributed by atoms with E-state index >= 15 is 0 Å². The second-order valence-corrected chi connectivity index (χ2v) is 2.70. The van der Waals surface area contributed by atoms with Crippen molar-refractivity contribution in [3.63, 3.8) is 0 Å². The van der Waals surface area contributed by atoms with Crippen LogP contribution in [0.15, 0.2) is 29.5 Å². The Bertz CT molecular complexity index is 437. The lowest BCUT2D eigenvalue weighted by molar-refractivity contribution is 0.995. The molecule has 0 aromatic carbocycles. The number of nitriles is 1. The molecule has 0 spiro atoms. The van der Waals surface area contributed by atoms with Gasteiger partial charge in [0.15, 0.2) is 0 Å². The quantitative estimate of drug-likeness (QED) is 0.323. The Balaban J connectivity index is 2.64. The van der Waals surface area contributed by atoms with Crippen molar-refractivity contribution in [2.75, 3.05) is 6.54 Å². The van der Waals surface area contributed by atoms with Crippen molar-refractivity contribution in [2.45, 2.75) is 6.42 Å². The molecule has 1 aromatic heterocycles. The third kappa shape index (κ3) is 3.51. The zero-order chi connectivity index (χ0) is 10.9. The maximum Gasteiger partial charge on any atom is 0.147 e. The van der Waals surface area contributed by atoms with Crippen molar-refractivity contribution in [3.05, 3.63) is 46.1 Å². The van der Waals surface area contributed by atoms with Crippen LogP contribution in [0, 0.1) is 11.3 Å². The molecule has 0 aliphatic rings. The van der Waals surface area contributed by atoms with Crippen molar-refractivity contribution in [1.29, 1.82) is 5.26 Å². The molecule has 1 aromatic rings. The first-order valence-corrected chi connectivity index (χ1v) is 4.41. The van der Waals surface area contributed by atoms with Gasteiger partial charge in [0.2, 0.25) is 0 Å². The first kappa shape index (κ1) is 10.8. The molecule has 0 unspecified atom stereocenters. The van der Waals surface area contributed by atoms with Crippen LogP contribution >= 0.6 is 0 Å². The SMILES string of the molecule is N#Cc1ncccc1C=CCCN=[N+]=[N-]. The summed E-state index contributed by atoms with van der Waals surface area (Å²) in [5.41, 5.74) is 9.23. The van der Waals surface area contributed by atoms with Gasteiger partial charge in [-0.3, -0.25) is 0 Å². The summed E-state index contributed by atoms with van der Waals surface area (Å²) in [7, 11) is 0. The van der Waals surface area contributed by atoms with E-state index in [1.807, 2.05) is 18.2 Å². The van der Waals surface area contributed by atoms with Crippen molar-refractivity contribution in [1.82, 2.24) is 4.98 Å². The van der Waals surface area contributed by atoms with Gasteiger partial charge in [0.1, 0.15) is 11.8 Å². The minimum atomic E-state index is 0.400. The Labute approximate surface area is 87.3 Å². The number of hydrogen-bond donors (Lipinski definition) is 0. The van der Waals surface area contributed by atoms with Gasteiger partial charge in [-0.25, -0.2) is 4.98 Å². The van der Waals surface area contributed by atoms with Crippen molar-refractivity contribution < 1.29 is 0 Å². The molecule has 0 radical (unpaired) electrons. The summed E-state index contributed by atoms with van der Waals surface area (Å²) in [5.74, 6) is 0. The molecule has 0 saturated carbocycles. The molecule has 0 aliphatic carbocycles. The van der Waals surface area contributed by atoms with Crippen molar-refractivity contribution >= 4 is 6.08 Å². The maximum absolute atomic E-state index is 8.75. The van der Waals surface area contributed by atoms with Crippen molar-refractivity contribution in [3.8, 4) is 6.07 Å². The van der Waals surface area contributed by atoms with Crippen LogP contribution in [0.4, 0.5) is 0 Å². The van der Waals surface area contributed by atoms with Crippen LogP contribution in [0.25, 0.3) is 16.5 Å². The molecule has 1 rings (SSSR count). The van der Waals surface area contributed by atoms with Crippen LogP contribution in [-0.2, 0) is 0 Å². The second-order valence-electron chi connectivity index (χ2n) is 2.70. The zero-order valence-corrected chi connectivity index (χ0v) is 8.04. The van der Waals surface area contributed by atoms with Gasteiger partial charge in [0.25, 0.3) is 0 Å². The van der Waals surface area contributed by atoms with Gasteiger partial charge in [-0.15, -0.1) is 0 Å². The lowest BCUT2D eigenvalue weighted by Crippen LogP contribution is -1.85. The van der Waals surface area contributed by atoms with Crippen LogP contribution in [0.2, 0.25) is 0 Å². The number of azide groups is 1. The lowest BCUT2D eigenvalue weighted by Gasteiger charge is -1.94. The number of nitrogens with zero attached hydrogens (tertiary/aromatic N) is 5. The third-order valence-electron chi connectivity index (χ3n) is 1.70. The topological polar surface area (TPSA) is 85.4 Å². The molecule has 15 heavy (non-hydrogen) atoms. The number of rotatable bonds is 4. The Morgan fingerprint density at radius 1 is 1.67 bits per heavy atom. The molecule has 0 bridgehead atoms. The van der Waals surface area contributed by atoms with Crippen LogP contribution in [0.5, 0.6) is 0 Å². The van der Waals surface area contributed by atoms with Gasteiger partial charge >= 0.3 is 0 Å². The highest BCUT2D eigenvalue weighted by molar-refractivity contribution is 5.54. The third-order valence-corrected chi connectivity index (χ3v) is 1.70. The Kier molecular flexibility index (Phi) is 4.44. The molecular weight excluding hydrogens is 190 g/mol. The standard InChI is InChI=1S/C10H9N5/c11-8-10-9(5-3-6-13-10)4-1-2-7-14-15-12/h1,3-6H,2,7H2. The van der Waals surface area contributed by atoms with Gasteiger partial charge in [0.05, 0.1) is 0 Å². The molecule has 0 fully saturated rings.